The van der Waals surface area contributed by atoms with E-state index in [0.717, 1.165) is 24.6 Å². The summed E-state index contributed by atoms with van der Waals surface area (Å²) >= 11 is 5.91. The molecular weight excluding hydrogens is 286 g/mol. The number of aromatic nitrogens is 2. The lowest BCUT2D eigenvalue weighted by Gasteiger charge is -2.33. The van der Waals surface area contributed by atoms with Crippen LogP contribution in [-0.4, -0.2) is 35.1 Å². The number of hydrogen-bond donors (Lipinski definition) is 1. The molecule has 1 saturated heterocycles. The fourth-order valence-electron chi connectivity index (χ4n) is 2.68. The minimum Gasteiger partial charge on any atom is -0.373 e. The average Bonchev–Trinajstić information content (AvgIpc) is 3.04. The highest BCUT2D eigenvalue weighted by atomic mass is 35.5. The predicted molar refractivity (Wildman–Crippen MR) is 83.6 cm³/mol. The van der Waals surface area contributed by atoms with E-state index >= 15 is 0 Å². The number of benzene rings is 1. The van der Waals surface area contributed by atoms with Crippen molar-refractivity contribution in [3.05, 3.63) is 53.3 Å². The summed E-state index contributed by atoms with van der Waals surface area (Å²) in [7, 11) is 0. The fraction of sp³-hybridized carbons (Fsp3) is 0.438. The first-order chi connectivity index (χ1) is 10.2. The molecule has 0 spiro atoms. The van der Waals surface area contributed by atoms with Gasteiger partial charge in [0.2, 0.25) is 0 Å². The molecule has 1 N–H and O–H groups in total. The van der Waals surface area contributed by atoms with Crippen molar-refractivity contribution in [3.63, 3.8) is 0 Å². The lowest BCUT2D eigenvalue weighted by Crippen LogP contribution is -2.49. The zero-order valence-corrected chi connectivity index (χ0v) is 12.8. The van der Waals surface area contributed by atoms with Crippen LogP contribution in [0.5, 0.6) is 0 Å². The first kappa shape index (κ1) is 14.6. The Balaban J connectivity index is 1.52. The van der Waals surface area contributed by atoms with Gasteiger partial charge in [-0.1, -0.05) is 23.7 Å². The third-order valence-electron chi connectivity index (χ3n) is 3.99. The van der Waals surface area contributed by atoms with Crippen molar-refractivity contribution < 1.29 is 4.74 Å². The summed E-state index contributed by atoms with van der Waals surface area (Å²) in [6.45, 7) is 3.71. The maximum atomic E-state index is 6.02. The average molecular weight is 306 g/mol. The highest BCUT2D eigenvalue weighted by molar-refractivity contribution is 6.30. The van der Waals surface area contributed by atoms with Gasteiger partial charge in [-0.3, -0.25) is 4.68 Å². The van der Waals surface area contributed by atoms with Gasteiger partial charge in [0.1, 0.15) is 0 Å². The molecule has 0 radical (unpaired) electrons. The van der Waals surface area contributed by atoms with Crippen LogP contribution in [-0.2, 0) is 11.2 Å². The van der Waals surface area contributed by atoms with E-state index in [4.69, 9.17) is 16.3 Å². The predicted octanol–water partition coefficient (Wildman–Crippen LogP) is 2.70. The van der Waals surface area contributed by atoms with Crippen LogP contribution in [0.25, 0.3) is 0 Å². The maximum absolute atomic E-state index is 6.02. The second kappa shape index (κ2) is 6.60. The number of ether oxygens (including phenoxy) is 1. The minimum absolute atomic E-state index is 0.159. The van der Waals surface area contributed by atoms with Gasteiger partial charge in [0, 0.05) is 30.0 Å². The SMILES string of the molecule is C[C@H]([C@H]1CN[C@@H](Cc2ccc(Cl)cc2)CO1)n1cccn1. The molecule has 3 atom stereocenters. The third kappa shape index (κ3) is 3.64. The van der Waals surface area contributed by atoms with E-state index in [9.17, 15) is 0 Å². The Morgan fingerprint density at radius 2 is 2.24 bits per heavy atom. The molecule has 2 heterocycles. The van der Waals surface area contributed by atoms with E-state index < -0.39 is 0 Å². The van der Waals surface area contributed by atoms with Gasteiger partial charge in [-0.2, -0.15) is 5.10 Å². The van der Waals surface area contributed by atoms with Gasteiger partial charge in [0.25, 0.3) is 0 Å². The molecule has 2 aromatic rings. The van der Waals surface area contributed by atoms with Crippen molar-refractivity contribution in [2.75, 3.05) is 13.2 Å². The van der Waals surface area contributed by atoms with Gasteiger partial charge >= 0.3 is 0 Å². The van der Waals surface area contributed by atoms with Crippen LogP contribution in [0.4, 0.5) is 0 Å². The summed E-state index contributed by atoms with van der Waals surface area (Å²) in [6, 6.07) is 10.5. The van der Waals surface area contributed by atoms with Crippen LogP contribution in [0.3, 0.4) is 0 Å². The van der Waals surface area contributed by atoms with Gasteiger partial charge < -0.3 is 10.1 Å². The molecule has 0 saturated carbocycles. The Labute approximate surface area is 130 Å². The number of halogens is 1. The largest absolute Gasteiger partial charge is 0.373 e. The van der Waals surface area contributed by atoms with Gasteiger partial charge in [-0.15, -0.1) is 0 Å². The second-order valence-corrected chi connectivity index (χ2v) is 5.97. The smallest absolute Gasteiger partial charge is 0.0921 e. The fourth-order valence-corrected chi connectivity index (χ4v) is 2.80. The van der Waals surface area contributed by atoms with E-state index in [1.165, 1.54) is 5.56 Å². The molecule has 4 nitrogen and oxygen atoms in total. The van der Waals surface area contributed by atoms with E-state index in [2.05, 4.69) is 29.5 Å². The van der Waals surface area contributed by atoms with Crippen molar-refractivity contribution in [2.24, 2.45) is 0 Å². The molecule has 1 fully saturated rings. The molecule has 0 aliphatic carbocycles. The molecule has 0 bridgehead atoms. The van der Waals surface area contributed by atoms with E-state index in [1.54, 1.807) is 6.20 Å². The molecule has 1 aromatic heterocycles. The zero-order chi connectivity index (χ0) is 14.7. The van der Waals surface area contributed by atoms with Crippen molar-refractivity contribution in [2.45, 2.75) is 31.5 Å². The van der Waals surface area contributed by atoms with E-state index in [1.807, 2.05) is 29.1 Å². The van der Waals surface area contributed by atoms with Crippen molar-refractivity contribution in [3.8, 4) is 0 Å². The molecule has 0 unspecified atom stereocenters. The van der Waals surface area contributed by atoms with Crippen LogP contribution in [0, 0.1) is 0 Å². The maximum Gasteiger partial charge on any atom is 0.0921 e. The topological polar surface area (TPSA) is 39.1 Å². The Morgan fingerprint density at radius 3 is 2.86 bits per heavy atom. The second-order valence-electron chi connectivity index (χ2n) is 5.53. The Kier molecular flexibility index (Phi) is 4.58. The number of rotatable bonds is 4. The molecular formula is C16H20ClN3O. The first-order valence-corrected chi connectivity index (χ1v) is 7.69. The Hall–Kier alpha value is -1.36. The first-order valence-electron chi connectivity index (χ1n) is 7.31. The lowest BCUT2D eigenvalue weighted by atomic mass is 10.0. The molecule has 1 aromatic carbocycles. The Morgan fingerprint density at radius 1 is 1.43 bits per heavy atom. The minimum atomic E-state index is 0.159. The summed E-state index contributed by atoms with van der Waals surface area (Å²) in [5.41, 5.74) is 1.28. The quantitative estimate of drug-likeness (QED) is 0.944. The number of nitrogens with one attached hydrogen (secondary N) is 1. The summed E-state index contributed by atoms with van der Waals surface area (Å²) in [5.74, 6) is 0. The van der Waals surface area contributed by atoms with Crippen LogP contribution in [0.1, 0.15) is 18.5 Å². The molecule has 112 valence electrons. The molecule has 3 rings (SSSR count). The van der Waals surface area contributed by atoms with Gasteiger partial charge in [0.05, 0.1) is 18.8 Å². The lowest BCUT2D eigenvalue weighted by molar-refractivity contribution is -0.0236. The Bertz CT molecular complexity index is 547. The summed E-state index contributed by atoms with van der Waals surface area (Å²) in [6.07, 6.45) is 4.90. The van der Waals surface area contributed by atoms with E-state index in [-0.39, 0.29) is 12.1 Å². The van der Waals surface area contributed by atoms with Gasteiger partial charge in [0.15, 0.2) is 0 Å². The monoisotopic (exact) mass is 305 g/mol. The van der Waals surface area contributed by atoms with E-state index in [0.29, 0.717) is 6.04 Å². The number of nitrogens with zero attached hydrogens (tertiary/aromatic N) is 2. The normalized spacial score (nSPS) is 23.9. The van der Waals surface area contributed by atoms with Crippen LogP contribution in [0.2, 0.25) is 5.02 Å². The molecule has 21 heavy (non-hydrogen) atoms. The third-order valence-corrected chi connectivity index (χ3v) is 4.25. The van der Waals surface area contributed by atoms with Crippen LogP contribution in [0.15, 0.2) is 42.7 Å². The van der Waals surface area contributed by atoms with Crippen molar-refractivity contribution in [1.29, 1.82) is 0 Å². The van der Waals surface area contributed by atoms with Gasteiger partial charge in [-0.25, -0.2) is 0 Å². The summed E-state index contributed by atoms with van der Waals surface area (Å²) in [5, 5.41) is 8.64. The number of hydrogen-bond acceptors (Lipinski definition) is 3. The van der Waals surface area contributed by atoms with Gasteiger partial charge in [-0.05, 0) is 37.1 Å². The van der Waals surface area contributed by atoms with Crippen LogP contribution >= 0.6 is 11.6 Å². The van der Waals surface area contributed by atoms with Crippen molar-refractivity contribution in [1.82, 2.24) is 15.1 Å². The van der Waals surface area contributed by atoms with Crippen molar-refractivity contribution >= 4 is 11.6 Å². The highest BCUT2D eigenvalue weighted by Crippen LogP contribution is 2.18. The molecule has 0 amide bonds. The molecule has 5 heteroatoms. The summed E-state index contributed by atoms with van der Waals surface area (Å²) in [4.78, 5) is 0. The molecule has 1 aliphatic rings. The molecule has 1 aliphatic heterocycles. The number of morpholine rings is 1. The standard InChI is InChI=1S/C16H20ClN3O/c1-12(20-8-2-7-19-20)16-10-18-15(11-21-16)9-13-3-5-14(17)6-4-13/h2-8,12,15-16,18H,9-11H2,1H3/t12-,15+,16-/m1/s1. The zero-order valence-electron chi connectivity index (χ0n) is 12.1. The summed E-state index contributed by atoms with van der Waals surface area (Å²) < 4.78 is 7.97. The highest BCUT2D eigenvalue weighted by Gasteiger charge is 2.26. The van der Waals surface area contributed by atoms with Crippen LogP contribution < -0.4 is 5.32 Å².